The van der Waals surface area contributed by atoms with Gasteiger partial charge < -0.3 is 10.1 Å². The zero-order valence-corrected chi connectivity index (χ0v) is 14.5. The molecule has 2 rings (SSSR count). The Morgan fingerprint density at radius 2 is 2.12 bits per heavy atom. The van der Waals surface area contributed by atoms with Crippen molar-refractivity contribution in [2.75, 3.05) is 19.1 Å². The summed E-state index contributed by atoms with van der Waals surface area (Å²) >= 11 is 1.12. The maximum Gasteiger partial charge on any atom is 0.357 e. The van der Waals surface area contributed by atoms with Crippen molar-refractivity contribution in [2.24, 2.45) is 0 Å². The molecule has 0 aromatic carbocycles. The molecule has 1 aliphatic heterocycles. The van der Waals surface area contributed by atoms with Gasteiger partial charge in [0, 0.05) is 25.4 Å². The molecule has 1 saturated heterocycles. The highest BCUT2D eigenvalue weighted by atomic mass is 32.1. The monoisotopic (exact) mass is 354 g/mol. The van der Waals surface area contributed by atoms with Gasteiger partial charge in [0.15, 0.2) is 10.8 Å². The number of rotatable bonds is 3. The van der Waals surface area contributed by atoms with Crippen LogP contribution in [0.15, 0.2) is 5.38 Å². The van der Waals surface area contributed by atoms with Crippen LogP contribution in [0, 0.1) is 0 Å². The maximum absolute atomic E-state index is 12.7. The molecule has 0 aliphatic carbocycles. The molecule has 0 saturated carbocycles. The smallest absolute Gasteiger partial charge is 0.357 e. The van der Waals surface area contributed by atoms with Gasteiger partial charge in [0.05, 0.1) is 7.11 Å². The second-order valence-electron chi connectivity index (χ2n) is 5.26. The summed E-state index contributed by atoms with van der Waals surface area (Å²) in [7, 11) is 2.64. The number of amides is 4. The minimum atomic E-state index is -0.900. The molecule has 1 N–H and O–H groups in total. The lowest BCUT2D eigenvalue weighted by Crippen LogP contribution is -2.51. The van der Waals surface area contributed by atoms with Crippen molar-refractivity contribution < 1.29 is 23.9 Å². The first-order chi connectivity index (χ1) is 11.3. The number of nitrogens with zero attached hydrogens (tertiary/aromatic N) is 3. The van der Waals surface area contributed by atoms with Gasteiger partial charge in [-0.1, -0.05) is 0 Å². The summed E-state index contributed by atoms with van der Waals surface area (Å²) in [5, 5.41) is 4.19. The lowest BCUT2D eigenvalue weighted by atomic mass is 10.1. The van der Waals surface area contributed by atoms with Crippen LogP contribution in [-0.2, 0) is 14.3 Å². The van der Waals surface area contributed by atoms with E-state index in [9.17, 15) is 19.2 Å². The van der Waals surface area contributed by atoms with Crippen LogP contribution in [0.25, 0.3) is 0 Å². The van der Waals surface area contributed by atoms with E-state index in [0.29, 0.717) is 11.6 Å². The predicted octanol–water partition coefficient (Wildman–Crippen LogP) is 0.611. The SMILES string of the molecule is CNC(=O)N(C(C)=O)C1CC(C)N(c2nc(C(=O)OC)cs2)C1=O. The van der Waals surface area contributed by atoms with E-state index in [1.165, 1.54) is 31.4 Å². The van der Waals surface area contributed by atoms with Crippen molar-refractivity contribution >= 4 is 40.3 Å². The second-order valence-corrected chi connectivity index (χ2v) is 6.10. The Kier molecular flexibility index (Phi) is 5.17. The maximum atomic E-state index is 12.7. The third-order valence-corrected chi connectivity index (χ3v) is 4.54. The number of hydrogen-bond acceptors (Lipinski definition) is 7. The number of urea groups is 1. The van der Waals surface area contributed by atoms with Crippen LogP contribution in [0.4, 0.5) is 9.93 Å². The Labute approximate surface area is 142 Å². The molecule has 1 fully saturated rings. The number of esters is 1. The number of aromatic nitrogens is 1. The molecule has 4 amide bonds. The number of ether oxygens (including phenoxy) is 1. The standard InChI is InChI=1S/C14H18N4O5S/c1-7-5-10(18(8(2)19)13(22)15-3)11(20)17(7)14-16-9(6-24-14)12(21)23-4/h6-7,10H,5H2,1-4H3,(H,15,22). The van der Waals surface area contributed by atoms with Gasteiger partial charge in [0.1, 0.15) is 6.04 Å². The zero-order valence-electron chi connectivity index (χ0n) is 13.7. The molecule has 0 radical (unpaired) electrons. The average molecular weight is 354 g/mol. The van der Waals surface area contributed by atoms with Gasteiger partial charge in [0.25, 0.3) is 5.91 Å². The van der Waals surface area contributed by atoms with Crippen LogP contribution >= 0.6 is 11.3 Å². The lowest BCUT2D eigenvalue weighted by molar-refractivity contribution is -0.133. The summed E-state index contributed by atoms with van der Waals surface area (Å²) in [5.41, 5.74) is 0.107. The van der Waals surface area contributed by atoms with E-state index in [2.05, 4.69) is 15.0 Å². The highest BCUT2D eigenvalue weighted by Gasteiger charge is 2.45. The van der Waals surface area contributed by atoms with Crippen molar-refractivity contribution in [2.45, 2.75) is 32.4 Å². The Hall–Kier alpha value is -2.49. The topological polar surface area (TPSA) is 109 Å². The van der Waals surface area contributed by atoms with Crippen LogP contribution in [0.3, 0.4) is 0 Å². The van der Waals surface area contributed by atoms with E-state index >= 15 is 0 Å². The van der Waals surface area contributed by atoms with Gasteiger partial charge in [-0.05, 0) is 13.3 Å². The fourth-order valence-electron chi connectivity index (χ4n) is 2.60. The van der Waals surface area contributed by atoms with Crippen molar-refractivity contribution in [1.29, 1.82) is 0 Å². The molecule has 10 heteroatoms. The quantitative estimate of drug-likeness (QED) is 0.797. The van der Waals surface area contributed by atoms with Crippen LogP contribution in [0.5, 0.6) is 0 Å². The van der Waals surface area contributed by atoms with Gasteiger partial charge in [0.2, 0.25) is 5.91 Å². The van der Waals surface area contributed by atoms with Gasteiger partial charge in [-0.3, -0.25) is 19.4 Å². The Morgan fingerprint density at radius 3 is 2.67 bits per heavy atom. The summed E-state index contributed by atoms with van der Waals surface area (Å²) in [5.74, 6) is -1.52. The Morgan fingerprint density at radius 1 is 1.46 bits per heavy atom. The van der Waals surface area contributed by atoms with Gasteiger partial charge in [-0.15, -0.1) is 11.3 Å². The van der Waals surface area contributed by atoms with Crippen LogP contribution in [0.1, 0.15) is 30.8 Å². The largest absolute Gasteiger partial charge is 0.464 e. The number of anilines is 1. The molecule has 2 atom stereocenters. The van der Waals surface area contributed by atoms with E-state index in [1.54, 1.807) is 6.92 Å². The molecule has 9 nitrogen and oxygen atoms in total. The normalized spacial score (nSPS) is 20.0. The van der Waals surface area contributed by atoms with E-state index < -0.39 is 29.9 Å². The zero-order chi connectivity index (χ0) is 18.0. The van der Waals surface area contributed by atoms with Crippen molar-refractivity contribution in [3.8, 4) is 0 Å². The predicted molar refractivity (Wildman–Crippen MR) is 85.8 cm³/mol. The highest BCUT2D eigenvalue weighted by molar-refractivity contribution is 7.14. The second kappa shape index (κ2) is 6.95. The van der Waals surface area contributed by atoms with Gasteiger partial charge >= 0.3 is 12.0 Å². The van der Waals surface area contributed by atoms with Crippen LogP contribution in [0.2, 0.25) is 0 Å². The molecule has 130 valence electrons. The first kappa shape index (κ1) is 17.9. The molecule has 1 aliphatic rings. The number of hydrogen-bond donors (Lipinski definition) is 1. The minimum Gasteiger partial charge on any atom is -0.464 e. The number of methoxy groups -OCH3 is 1. The molecular weight excluding hydrogens is 336 g/mol. The highest BCUT2D eigenvalue weighted by Crippen LogP contribution is 2.32. The molecule has 1 aromatic heterocycles. The number of imide groups is 1. The van der Waals surface area contributed by atoms with Gasteiger partial charge in [-0.2, -0.15) is 0 Å². The minimum absolute atomic E-state index is 0.107. The Balaban J connectivity index is 2.30. The third kappa shape index (κ3) is 3.09. The third-order valence-electron chi connectivity index (χ3n) is 3.70. The molecule has 0 bridgehead atoms. The molecular formula is C14H18N4O5S. The first-order valence-corrected chi connectivity index (χ1v) is 8.08. The summed E-state index contributed by atoms with van der Waals surface area (Å²) in [6.07, 6.45) is 0.291. The summed E-state index contributed by atoms with van der Waals surface area (Å²) in [6.45, 7) is 3.02. The van der Waals surface area contributed by atoms with E-state index in [-0.39, 0.29) is 11.7 Å². The van der Waals surface area contributed by atoms with Crippen molar-refractivity contribution in [3.05, 3.63) is 11.1 Å². The molecule has 2 heterocycles. The van der Waals surface area contributed by atoms with Gasteiger partial charge in [-0.25, -0.2) is 14.6 Å². The summed E-state index contributed by atoms with van der Waals surface area (Å²) in [4.78, 5) is 54.4. The Bertz CT molecular complexity index is 688. The average Bonchev–Trinajstić information content (AvgIpc) is 3.11. The van der Waals surface area contributed by atoms with Crippen molar-refractivity contribution in [1.82, 2.24) is 15.2 Å². The fourth-order valence-corrected chi connectivity index (χ4v) is 3.50. The fraction of sp³-hybridized carbons (Fsp3) is 0.500. The molecule has 24 heavy (non-hydrogen) atoms. The summed E-state index contributed by atoms with van der Waals surface area (Å²) < 4.78 is 4.60. The number of nitrogens with one attached hydrogen (secondary N) is 1. The van der Waals surface area contributed by atoms with E-state index in [0.717, 1.165) is 16.2 Å². The molecule has 2 unspecified atom stereocenters. The molecule has 1 aromatic rings. The first-order valence-electron chi connectivity index (χ1n) is 7.20. The van der Waals surface area contributed by atoms with Crippen LogP contribution < -0.4 is 10.2 Å². The number of thiazole rings is 1. The number of carbonyl (C=O) groups is 4. The van der Waals surface area contributed by atoms with E-state index in [1.807, 2.05) is 0 Å². The van der Waals surface area contributed by atoms with E-state index in [4.69, 9.17) is 0 Å². The lowest BCUT2D eigenvalue weighted by Gasteiger charge is -2.24. The number of carbonyl (C=O) groups excluding carboxylic acids is 4. The van der Waals surface area contributed by atoms with Crippen molar-refractivity contribution in [3.63, 3.8) is 0 Å². The van der Waals surface area contributed by atoms with Crippen LogP contribution in [-0.4, -0.2) is 59.9 Å². The molecule has 0 spiro atoms. The summed E-state index contributed by atoms with van der Waals surface area (Å²) in [6, 6.07) is -1.81.